The number of aryl methyl sites for hydroxylation is 2. The normalized spacial score (nSPS) is 21.7. The van der Waals surface area contributed by atoms with Gasteiger partial charge in [-0.05, 0) is 19.8 Å². The highest BCUT2D eigenvalue weighted by Gasteiger charge is 2.33. The first-order valence-electron chi connectivity index (χ1n) is 7.81. The van der Waals surface area contributed by atoms with E-state index in [1.54, 1.807) is 4.90 Å². The Balaban J connectivity index is 1.66. The molecule has 1 aromatic heterocycles. The topological polar surface area (TPSA) is 87.5 Å². The van der Waals surface area contributed by atoms with Gasteiger partial charge in [0, 0.05) is 32.3 Å². The molecule has 0 saturated carbocycles. The van der Waals surface area contributed by atoms with Gasteiger partial charge in [-0.15, -0.1) is 0 Å². The van der Waals surface area contributed by atoms with Gasteiger partial charge in [0.25, 0.3) is 5.91 Å². The lowest BCUT2D eigenvalue weighted by molar-refractivity contribution is -0.137. The van der Waals surface area contributed by atoms with E-state index in [1.807, 2.05) is 24.7 Å². The summed E-state index contributed by atoms with van der Waals surface area (Å²) < 4.78 is 2.01. The third-order valence-electron chi connectivity index (χ3n) is 4.40. The fourth-order valence-electron chi connectivity index (χ4n) is 3.28. The molecule has 3 rings (SSSR count). The van der Waals surface area contributed by atoms with Crippen LogP contribution in [-0.4, -0.2) is 63.4 Å². The Morgan fingerprint density at radius 1 is 1.43 bits per heavy atom. The number of hydrogen-bond acceptors (Lipinski definition) is 4. The molecule has 2 aliphatic heterocycles. The predicted molar refractivity (Wildman–Crippen MR) is 81.6 cm³/mol. The molecule has 0 bridgehead atoms. The Labute approximate surface area is 134 Å². The van der Waals surface area contributed by atoms with Crippen LogP contribution in [0.4, 0.5) is 4.79 Å². The zero-order valence-corrected chi connectivity index (χ0v) is 13.4. The standard InChI is InChI=1S/C15H21N5O3/c1-10-7-18(2)14(17-10)11-4-3-5-19(8-11)13(22)9-20-12(21)6-16-15(20)23/h7,11H,3-6,8-9H2,1-2H3,(H,16,23)/t11-/m1/s1. The Morgan fingerprint density at radius 2 is 2.22 bits per heavy atom. The van der Waals surface area contributed by atoms with E-state index in [0.29, 0.717) is 13.1 Å². The lowest BCUT2D eigenvalue weighted by atomic mass is 9.97. The van der Waals surface area contributed by atoms with Gasteiger partial charge < -0.3 is 14.8 Å². The van der Waals surface area contributed by atoms with Crippen LogP contribution in [-0.2, 0) is 16.6 Å². The molecule has 3 heterocycles. The summed E-state index contributed by atoms with van der Waals surface area (Å²) in [6.07, 6.45) is 3.85. The smallest absolute Gasteiger partial charge is 0.325 e. The lowest BCUT2D eigenvalue weighted by Crippen LogP contribution is -2.46. The van der Waals surface area contributed by atoms with Crippen LogP contribution in [0.3, 0.4) is 0 Å². The molecule has 1 atom stereocenters. The second-order valence-electron chi connectivity index (χ2n) is 6.17. The monoisotopic (exact) mass is 319 g/mol. The zero-order chi connectivity index (χ0) is 16.6. The van der Waals surface area contributed by atoms with Gasteiger partial charge in [-0.1, -0.05) is 0 Å². The van der Waals surface area contributed by atoms with Crippen LogP contribution in [0.25, 0.3) is 0 Å². The number of hydrogen-bond donors (Lipinski definition) is 1. The number of imidazole rings is 1. The van der Waals surface area contributed by atoms with Crippen molar-refractivity contribution < 1.29 is 14.4 Å². The summed E-state index contributed by atoms with van der Waals surface area (Å²) >= 11 is 0. The van der Waals surface area contributed by atoms with Gasteiger partial charge in [0.1, 0.15) is 12.4 Å². The SMILES string of the molecule is Cc1cn(C)c([C@@H]2CCCN(C(=O)CN3C(=O)CNC3=O)C2)n1. The molecule has 2 aliphatic rings. The molecule has 2 saturated heterocycles. The first kappa shape index (κ1) is 15.5. The number of rotatable bonds is 3. The summed E-state index contributed by atoms with van der Waals surface area (Å²) in [5.41, 5.74) is 0.963. The van der Waals surface area contributed by atoms with Crippen LogP contribution >= 0.6 is 0 Å². The van der Waals surface area contributed by atoms with Gasteiger partial charge in [0.15, 0.2) is 0 Å². The number of nitrogens with one attached hydrogen (secondary N) is 1. The molecule has 124 valence electrons. The summed E-state index contributed by atoms with van der Waals surface area (Å²) in [7, 11) is 1.96. The lowest BCUT2D eigenvalue weighted by Gasteiger charge is -2.33. The van der Waals surface area contributed by atoms with Crippen LogP contribution < -0.4 is 5.32 Å². The van der Waals surface area contributed by atoms with E-state index >= 15 is 0 Å². The van der Waals surface area contributed by atoms with Crippen molar-refractivity contribution >= 4 is 17.8 Å². The van der Waals surface area contributed by atoms with Gasteiger partial charge in [0.2, 0.25) is 5.91 Å². The minimum Gasteiger partial charge on any atom is -0.340 e. The molecular weight excluding hydrogens is 298 g/mol. The molecular formula is C15H21N5O3. The van der Waals surface area contributed by atoms with E-state index < -0.39 is 6.03 Å². The van der Waals surface area contributed by atoms with Gasteiger partial charge in [-0.3, -0.25) is 14.5 Å². The number of imide groups is 1. The molecule has 8 nitrogen and oxygen atoms in total. The molecule has 1 aromatic rings. The molecule has 0 aliphatic carbocycles. The summed E-state index contributed by atoms with van der Waals surface area (Å²) in [5, 5.41) is 2.43. The third kappa shape index (κ3) is 3.06. The van der Waals surface area contributed by atoms with E-state index in [0.717, 1.165) is 29.3 Å². The van der Waals surface area contributed by atoms with Gasteiger partial charge in [-0.25, -0.2) is 9.78 Å². The van der Waals surface area contributed by atoms with Crippen LogP contribution in [0.15, 0.2) is 6.20 Å². The van der Waals surface area contributed by atoms with Crippen molar-refractivity contribution in [2.75, 3.05) is 26.2 Å². The van der Waals surface area contributed by atoms with E-state index in [1.165, 1.54) is 0 Å². The predicted octanol–water partition coefficient (Wildman–Crippen LogP) is -0.0137. The van der Waals surface area contributed by atoms with Gasteiger partial charge in [-0.2, -0.15) is 0 Å². The fourth-order valence-corrected chi connectivity index (χ4v) is 3.28. The molecule has 23 heavy (non-hydrogen) atoms. The molecule has 0 spiro atoms. The van der Waals surface area contributed by atoms with Crippen molar-refractivity contribution in [1.29, 1.82) is 0 Å². The zero-order valence-electron chi connectivity index (χ0n) is 13.4. The summed E-state index contributed by atoms with van der Waals surface area (Å²) in [5.74, 6) is 0.632. The first-order chi connectivity index (χ1) is 11.0. The fraction of sp³-hybridized carbons (Fsp3) is 0.600. The third-order valence-corrected chi connectivity index (χ3v) is 4.40. The number of amides is 4. The quantitative estimate of drug-likeness (QED) is 0.794. The summed E-state index contributed by atoms with van der Waals surface area (Å²) in [4.78, 5) is 42.8. The number of carbonyl (C=O) groups is 3. The van der Waals surface area contributed by atoms with Crippen LogP contribution in [0.2, 0.25) is 0 Å². The number of nitrogens with zero attached hydrogens (tertiary/aromatic N) is 4. The highest BCUT2D eigenvalue weighted by atomic mass is 16.2. The van der Waals surface area contributed by atoms with Crippen LogP contribution in [0.1, 0.15) is 30.3 Å². The molecule has 0 radical (unpaired) electrons. The second-order valence-corrected chi connectivity index (χ2v) is 6.17. The van der Waals surface area contributed by atoms with Crippen molar-refractivity contribution in [3.05, 3.63) is 17.7 Å². The Hall–Kier alpha value is -2.38. The molecule has 8 heteroatoms. The van der Waals surface area contributed by atoms with E-state index in [4.69, 9.17) is 0 Å². The van der Waals surface area contributed by atoms with Gasteiger partial charge in [0.05, 0.1) is 12.2 Å². The number of piperidine rings is 1. The van der Waals surface area contributed by atoms with Crippen molar-refractivity contribution in [2.45, 2.75) is 25.7 Å². The molecule has 1 N–H and O–H groups in total. The van der Waals surface area contributed by atoms with E-state index in [9.17, 15) is 14.4 Å². The van der Waals surface area contributed by atoms with Crippen molar-refractivity contribution in [3.63, 3.8) is 0 Å². The average Bonchev–Trinajstić information content (AvgIpc) is 3.03. The summed E-state index contributed by atoms with van der Waals surface area (Å²) in [6.45, 7) is 2.97. The maximum Gasteiger partial charge on any atom is 0.325 e. The van der Waals surface area contributed by atoms with Gasteiger partial charge >= 0.3 is 6.03 Å². The minimum atomic E-state index is -0.489. The van der Waals surface area contributed by atoms with Crippen LogP contribution in [0, 0.1) is 6.92 Å². The number of carbonyl (C=O) groups excluding carboxylic acids is 3. The molecule has 0 unspecified atom stereocenters. The van der Waals surface area contributed by atoms with Crippen molar-refractivity contribution in [3.8, 4) is 0 Å². The molecule has 0 aromatic carbocycles. The number of urea groups is 1. The Kier molecular flexibility index (Phi) is 4.06. The maximum absolute atomic E-state index is 12.4. The molecule has 4 amide bonds. The van der Waals surface area contributed by atoms with Crippen molar-refractivity contribution in [1.82, 2.24) is 24.7 Å². The largest absolute Gasteiger partial charge is 0.340 e. The number of aromatic nitrogens is 2. The number of likely N-dealkylation sites (tertiary alicyclic amines) is 1. The van der Waals surface area contributed by atoms with Crippen molar-refractivity contribution in [2.24, 2.45) is 7.05 Å². The Morgan fingerprint density at radius 3 is 2.83 bits per heavy atom. The average molecular weight is 319 g/mol. The molecule has 2 fully saturated rings. The maximum atomic E-state index is 12.4. The van der Waals surface area contributed by atoms with Crippen LogP contribution in [0.5, 0.6) is 0 Å². The van der Waals surface area contributed by atoms with E-state index in [2.05, 4.69) is 10.3 Å². The summed E-state index contributed by atoms with van der Waals surface area (Å²) in [6, 6.07) is -0.489. The van der Waals surface area contributed by atoms with E-state index in [-0.39, 0.29) is 30.8 Å². The second kappa shape index (κ2) is 6.02. The highest BCUT2D eigenvalue weighted by molar-refractivity contribution is 6.04. The highest BCUT2D eigenvalue weighted by Crippen LogP contribution is 2.26. The first-order valence-corrected chi connectivity index (χ1v) is 7.81. The Bertz CT molecular complexity index is 638. The minimum absolute atomic E-state index is 0.0265.